The van der Waals surface area contributed by atoms with Gasteiger partial charge in [0, 0.05) is 22.9 Å². The molecular weight excluding hydrogens is 488 g/mol. The van der Waals surface area contributed by atoms with Crippen LogP contribution in [0.5, 0.6) is 5.75 Å². The number of aliphatic carboxylic acids is 1. The minimum atomic E-state index is -1.74. The van der Waals surface area contributed by atoms with Crippen molar-refractivity contribution < 1.29 is 15.0 Å². The molecule has 3 N–H and O–H groups in total. The van der Waals surface area contributed by atoms with Crippen LogP contribution in [0.2, 0.25) is 0 Å². The molecule has 0 saturated heterocycles. The van der Waals surface area contributed by atoms with Gasteiger partial charge >= 0.3 is 5.97 Å². The molecular formula is C28H24N4O4S. The summed E-state index contributed by atoms with van der Waals surface area (Å²) >= 11 is 1.47. The summed E-state index contributed by atoms with van der Waals surface area (Å²) in [5.41, 5.74) is 2.92. The molecule has 0 saturated carbocycles. The van der Waals surface area contributed by atoms with Gasteiger partial charge in [-0.3, -0.25) is 9.89 Å². The number of phenolic OH excluding ortho intramolecular Hbond substituents is 1. The van der Waals surface area contributed by atoms with Gasteiger partial charge in [-0.15, -0.1) is 5.11 Å². The first-order chi connectivity index (χ1) is 17.8. The number of thiophene rings is 1. The molecule has 0 fully saturated rings. The summed E-state index contributed by atoms with van der Waals surface area (Å²) in [4.78, 5) is 26.0. The number of carbonyl (C=O) groups is 1. The van der Waals surface area contributed by atoms with Crippen molar-refractivity contribution in [3.05, 3.63) is 105 Å². The van der Waals surface area contributed by atoms with Gasteiger partial charge in [-0.05, 0) is 66.3 Å². The first-order valence-electron chi connectivity index (χ1n) is 11.6. The van der Waals surface area contributed by atoms with Gasteiger partial charge in [0.1, 0.15) is 5.75 Å². The van der Waals surface area contributed by atoms with Crippen molar-refractivity contribution in [2.45, 2.75) is 25.8 Å². The number of allylic oxidation sites excluding steroid dienone is 2. The molecule has 0 aliphatic heterocycles. The third-order valence-corrected chi connectivity index (χ3v) is 7.19. The Bertz CT molecular complexity index is 1640. The number of benzene rings is 2. The number of H-pyrrole nitrogens is 1. The summed E-state index contributed by atoms with van der Waals surface area (Å²) in [6.45, 7) is 3.96. The normalized spacial score (nSPS) is 17.3. The number of aromatic nitrogens is 2. The largest absolute Gasteiger partial charge is 0.507 e. The van der Waals surface area contributed by atoms with E-state index in [-0.39, 0.29) is 17.9 Å². The van der Waals surface area contributed by atoms with Gasteiger partial charge in [0.25, 0.3) is 5.56 Å². The molecule has 8 nitrogen and oxygen atoms in total. The number of rotatable bonds is 6. The van der Waals surface area contributed by atoms with Crippen LogP contribution in [0, 0.1) is 13.8 Å². The summed E-state index contributed by atoms with van der Waals surface area (Å²) in [5.74, 6) is -1.17. The molecule has 4 aromatic rings. The number of carboxylic acid groups (broad SMARTS) is 1. The van der Waals surface area contributed by atoms with Gasteiger partial charge in [-0.25, -0.2) is 9.48 Å². The SMILES string of the molecule is Cc1ccc(-n2[nH]c(-c3ccsc3)c(N=NC3(C(=O)O)C=CC=C(c4ccccc4O)C3)c2=O)cc1C. The molecule has 1 unspecified atom stereocenters. The van der Waals surface area contributed by atoms with Crippen LogP contribution in [0.25, 0.3) is 22.5 Å². The molecule has 0 spiro atoms. The van der Waals surface area contributed by atoms with E-state index >= 15 is 0 Å². The lowest BCUT2D eigenvalue weighted by Crippen LogP contribution is -2.35. The van der Waals surface area contributed by atoms with Gasteiger partial charge in [0.15, 0.2) is 5.69 Å². The third-order valence-electron chi connectivity index (χ3n) is 6.50. The molecule has 0 radical (unpaired) electrons. The number of aromatic hydroxyl groups is 1. The van der Waals surface area contributed by atoms with Crippen molar-refractivity contribution in [2.75, 3.05) is 0 Å². The van der Waals surface area contributed by atoms with Crippen molar-refractivity contribution in [3.63, 3.8) is 0 Å². The fourth-order valence-electron chi connectivity index (χ4n) is 4.24. The topological polar surface area (TPSA) is 120 Å². The van der Waals surface area contributed by atoms with Crippen molar-refractivity contribution in [3.8, 4) is 22.7 Å². The van der Waals surface area contributed by atoms with E-state index in [1.54, 1.807) is 36.4 Å². The lowest BCUT2D eigenvalue weighted by Gasteiger charge is -2.24. The molecule has 2 aromatic heterocycles. The first-order valence-corrected chi connectivity index (χ1v) is 12.5. The van der Waals surface area contributed by atoms with Crippen LogP contribution < -0.4 is 5.56 Å². The quantitative estimate of drug-likeness (QED) is 0.268. The molecule has 0 amide bonds. The zero-order valence-corrected chi connectivity index (χ0v) is 21.0. The number of nitrogens with one attached hydrogen (secondary N) is 1. The average Bonchev–Trinajstić information content (AvgIpc) is 3.53. The van der Waals surface area contributed by atoms with Crippen LogP contribution in [-0.2, 0) is 4.79 Å². The van der Waals surface area contributed by atoms with Crippen LogP contribution in [0.3, 0.4) is 0 Å². The van der Waals surface area contributed by atoms with Crippen LogP contribution in [0.15, 0.2) is 92.5 Å². The Labute approximate surface area is 216 Å². The number of phenols is 1. The molecule has 0 bridgehead atoms. The number of aromatic amines is 1. The molecule has 1 aliphatic rings. The second kappa shape index (κ2) is 9.51. The van der Waals surface area contributed by atoms with E-state index in [9.17, 15) is 19.8 Å². The maximum atomic E-state index is 13.5. The average molecular weight is 513 g/mol. The van der Waals surface area contributed by atoms with Gasteiger partial charge in [0.2, 0.25) is 5.54 Å². The van der Waals surface area contributed by atoms with E-state index in [1.165, 1.54) is 22.1 Å². The number of hydrogen-bond donors (Lipinski definition) is 3. The van der Waals surface area contributed by atoms with Crippen LogP contribution in [0.1, 0.15) is 23.1 Å². The lowest BCUT2D eigenvalue weighted by atomic mass is 9.84. The molecule has 2 aromatic carbocycles. The Morgan fingerprint density at radius 3 is 2.65 bits per heavy atom. The maximum Gasteiger partial charge on any atom is 0.337 e. The number of azo groups is 1. The number of aryl methyl sites for hydroxylation is 2. The van der Waals surface area contributed by atoms with E-state index in [2.05, 4.69) is 15.3 Å². The Morgan fingerprint density at radius 2 is 1.95 bits per heavy atom. The van der Waals surface area contributed by atoms with Crippen molar-refractivity contribution in [1.82, 2.24) is 9.78 Å². The Morgan fingerprint density at radius 1 is 1.14 bits per heavy atom. The number of carboxylic acids is 1. The van der Waals surface area contributed by atoms with Crippen LogP contribution >= 0.6 is 11.3 Å². The zero-order chi connectivity index (χ0) is 26.2. The van der Waals surface area contributed by atoms with E-state index in [0.717, 1.165) is 16.7 Å². The first kappa shape index (κ1) is 24.2. The fraction of sp³-hybridized carbons (Fsp3) is 0.143. The number of hydrogen-bond acceptors (Lipinski definition) is 6. The highest BCUT2D eigenvalue weighted by molar-refractivity contribution is 7.08. The van der Waals surface area contributed by atoms with Crippen molar-refractivity contribution in [2.24, 2.45) is 10.2 Å². The molecule has 37 heavy (non-hydrogen) atoms. The zero-order valence-electron chi connectivity index (χ0n) is 20.2. The summed E-state index contributed by atoms with van der Waals surface area (Å²) < 4.78 is 1.39. The fourth-order valence-corrected chi connectivity index (χ4v) is 4.88. The summed E-state index contributed by atoms with van der Waals surface area (Å²) in [6.07, 6.45) is 4.73. The summed E-state index contributed by atoms with van der Waals surface area (Å²) in [7, 11) is 0. The predicted molar refractivity (Wildman–Crippen MR) is 144 cm³/mol. The smallest absolute Gasteiger partial charge is 0.337 e. The van der Waals surface area contributed by atoms with Crippen molar-refractivity contribution in [1.29, 1.82) is 0 Å². The number of nitrogens with zero attached hydrogens (tertiary/aromatic N) is 3. The minimum Gasteiger partial charge on any atom is -0.507 e. The Hall–Kier alpha value is -4.50. The second-order valence-electron chi connectivity index (χ2n) is 8.93. The molecule has 5 rings (SSSR count). The summed E-state index contributed by atoms with van der Waals surface area (Å²) in [5, 5.41) is 35.9. The monoisotopic (exact) mass is 512 g/mol. The van der Waals surface area contributed by atoms with E-state index < -0.39 is 17.1 Å². The highest BCUT2D eigenvalue weighted by Crippen LogP contribution is 2.38. The van der Waals surface area contributed by atoms with Crippen LogP contribution in [0.4, 0.5) is 5.69 Å². The molecule has 1 atom stereocenters. The summed E-state index contributed by atoms with van der Waals surface area (Å²) in [6, 6.07) is 14.2. The highest BCUT2D eigenvalue weighted by Gasteiger charge is 2.39. The van der Waals surface area contributed by atoms with Crippen LogP contribution in [-0.4, -0.2) is 31.5 Å². The number of para-hydroxylation sites is 1. The van der Waals surface area contributed by atoms with Gasteiger partial charge in [-0.1, -0.05) is 36.4 Å². The minimum absolute atomic E-state index is 0.0179. The molecule has 1 aliphatic carbocycles. The molecule has 186 valence electrons. The highest BCUT2D eigenvalue weighted by atomic mass is 32.1. The Kier molecular flexibility index (Phi) is 6.22. The van der Waals surface area contributed by atoms with Gasteiger partial charge in [0.05, 0.1) is 11.4 Å². The standard InChI is InChI=1S/C28H24N4O4S/c1-17-9-10-21(14-18(17)2)32-26(34)25(24(30-32)20-11-13-37-16-20)29-31-28(27(35)36)12-5-6-19(15-28)22-7-3-4-8-23(22)33/h3-14,16,30,33H,15H2,1-2H3,(H,35,36). The molecule has 2 heterocycles. The van der Waals surface area contributed by atoms with Gasteiger partial charge in [-0.2, -0.15) is 16.5 Å². The van der Waals surface area contributed by atoms with Gasteiger partial charge < -0.3 is 10.2 Å². The van der Waals surface area contributed by atoms with Crippen molar-refractivity contribution >= 4 is 28.6 Å². The lowest BCUT2D eigenvalue weighted by molar-refractivity contribution is -0.141. The third kappa shape index (κ3) is 4.45. The van der Waals surface area contributed by atoms with E-state index in [4.69, 9.17) is 0 Å². The Balaban J connectivity index is 1.60. The van der Waals surface area contributed by atoms with E-state index in [0.29, 0.717) is 22.5 Å². The maximum absolute atomic E-state index is 13.5. The predicted octanol–water partition coefficient (Wildman–Crippen LogP) is 6.17. The second-order valence-corrected chi connectivity index (χ2v) is 9.71. The molecule has 9 heteroatoms. The van der Waals surface area contributed by atoms with E-state index in [1.807, 2.05) is 48.9 Å².